The normalized spacial score (nSPS) is 14.5. The van der Waals surface area contributed by atoms with E-state index in [4.69, 9.17) is 0 Å². The number of halogens is 3. The van der Waals surface area contributed by atoms with Gasteiger partial charge in [0, 0.05) is 18.0 Å². The first-order chi connectivity index (χ1) is 10.2. The van der Waals surface area contributed by atoms with Gasteiger partial charge in [-0.05, 0) is 12.5 Å². The minimum atomic E-state index is -4.38. The Kier molecular flexibility index (Phi) is 3.08. The Bertz CT molecular complexity index is 806. The van der Waals surface area contributed by atoms with Crippen LogP contribution in [-0.2, 0) is 13.1 Å². The number of aromatic nitrogens is 3. The maximum Gasteiger partial charge on any atom is 0.408 e. The minimum Gasteiger partial charge on any atom is -0.326 e. The lowest BCUT2D eigenvalue weighted by Crippen LogP contribution is -2.23. The summed E-state index contributed by atoms with van der Waals surface area (Å²) in [5.41, 5.74) is 1.31. The summed E-state index contributed by atoms with van der Waals surface area (Å²) in [6.45, 7) is 0.519. The molecule has 0 fully saturated rings. The highest BCUT2D eigenvalue weighted by molar-refractivity contribution is 6.10. The number of nitrogens with zero attached hydrogens (tertiary/aromatic N) is 3. The van der Waals surface area contributed by atoms with Crippen LogP contribution < -0.4 is 10.5 Å². The molecule has 6 nitrogen and oxygen atoms in total. The molecule has 1 N–H and O–H groups in total. The van der Waals surface area contributed by atoms with Gasteiger partial charge in [-0.25, -0.2) is 0 Å². The van der Waals surface area contributed by atoms with Crippen molar-refractivity contribution in [3.05, 3.63) is 45.6 Å². The van der Waals surface area contributed by atoms with E-state index < -0.39 is 12.7 Å². The van der Waals surface area contributed by atoms with Gasteiger partial charge < -0.3 is 9.88 Å². The highest BCUT2D eigenvalue weighted by Crippen LogP contribution is 2.29. The lowest BCUT2D eigenvalue weighted by molar-refractivity contribution is -0.142. The zero-order valence-corrected chi connectivity index (χ0v) is 11.4. The zero-order chi connectivity index (χ0) is 16.1. The van der Waals surface area contributed by atoms with E-state index in [9.17, 15) is 22.8 Å². The molecule has 22 heavy (non-hydrogen) atoms. The third-order valence-corrected chi connectivity index (χ3v) is 3.37. The number of carbonyl (C=O) groups is 1. The summed E-state index contributed by atoms with van der Waals surface area (Å²) in [7, 11) is 0. The number of rotatable bonds is 2. The molecule has 0 aliphatic carbocycles. The molecule has 116 valence electrons. The number of aryl methyl sites for hydroxylation is 1. The molecule has 3 heterocycles. The van der Waals surface area contributed by atoms with Crippen LogP contribution in [0.25, 0.3) is 0 Å². The largest absolute Gasteiger partial charge is 0.408 e. The van der Waals surface area contributed by atoms with Crippen LogP contribution in [0.15, 0.2) is 23.3 Å². The molecule has 0 unspecified atom stereocenters. The van der Waals surface area contributed by atoms with Crippen molar-refractivity contribution in [3.8, 4) is 0 Å². The second kappa shape index (κ2) is 4.72. The molecular weight excluding hydrogens is 301 g/mol. The van der Waals surface area contributed by atoms with Gasteiger partial charge >= 0.3 is 6.18 Å². The maximum absolute atomic E-state index is 12.4. The molecule has 0 aromatic carbocycles. The molecule has 2 aromatic rings. The number of carbonyl (C=O) groups excluding carboxylic acids is 1. The van der Waals surface area contributed by atoms with Crippen molar-refractivity contribution in [1.82, 2.24) is 14.8 Å². The number of pyridine rings is 1. The molecule has 1 amide bonds. The third kappa shape index (κ3) is 2.49. The Morgan fingerprint density at radius 3 is 2.77 bits per heavy atom. The molecule has 0 saturated heterocycles. The number of alkyl halides is 3. The van der Waals surface area contributed by atoms with E-state index in [-0.39, 0.29) is 23.7 Å². The molecule has 0 radical (unpaired) electrons. The number of hydrogen-bond acceptors (Lipinski definition) is 3. The lowest BCUT2D eigenvalue weighted by atomic mass is 10.1. The molecule has 0 spiro atoms. The zero-order valence-electron chi connectivity index (χ0n) is 11.4. The van der Waals surface area contributed by atoms with Gasteiger partial charge in [-0.2, -0.15) is 18.3 Å². The molecule has 0 saturated carbocycles. The third-order valence-electron chi connectivity index (χ3n) is 3.37. The molecule has 2 aromatic heterocycles. The fraction of sp³-hybridized carbons (Fsp3) is 0.308. The summed E-state index contributed by atoms with van der Waals surface area (Å²) >= 11 is 0. The number of aromatic amines is 1. The van der Waals surface area contributed by atoms with E-state index in [1.165, 1.54) is 17.2 Å². The van der Waals surface area contributed by atoms with E-state index in [1.807, 2.05) is 0 Å². The Hall–Kier alpha value is -2.58. The van der Waals surface area contributed by atoms with Crippen LogP contribution in [0.2, 0.25) is 0 Å². The summed E-state index contributed by atoms with van der Waals surface area (Å²) in [6.07, 6.45) is -2.02. The Morgan fingerprint density at radius 1 is 1.36 bits per heavy atom. The molecule has 0 bridgehead atoms. The average Bonchev–Trinajstić information content (AvgIpc) is 2.92. The van der Waals surface area contributed by atoms with Gasteiger partial charge in [0.2, 0.25) is 5.56 Å². The molecule has 3 rings (SSSR count). The van der Waals surface area contributed by atoms with Crippen molar-refractivity contribution in [3.63, 3.8) is 0 Å². The number of H-pyrrole nitrogens is 1. The summed E-state index contributed by atoms with van der Waals surface area (Å²) < 4.78 is 37.7. The smallest absolute Gasteiger partial charge is 0.326 e. The van der Waals surface area contributed by atoms with E-state index in [0.717, 1.165) is 10.9 Å². The van der Waals surface area contributed by atoms with Crippen LogP contribution in [0.5, 0.6) is 0 Å². The fourth-order valence-corrected chi connectivity index (χ4v) is 2.52. The van der Waals surface area contributed by atoms with Gasteiger partial charge in [-0.1, -0.05) is 0 Å². The number of amides is 1. The van der Waals surface area contributed by atoms with Crippen molar-refractivity contribution >= 4 is 11.6 Å². The fourth-order valence-electron chi connectivity index (χ4n) is 2.52. The van der Waals surface area contributed by atoms with Crippen molar-refractivity contribution in [1.29, 1.82) is 0 Å². The van der Waals surface area contributed by atoms with Gasteiger partial charge in [0.1, 0.15) is 6.54 Å². The first-order valence-electron chi connectivity index (χ1n) is 6.38. The van der Waals surface area contributed by atoms with Gasteiger partial charge in [-0.15, -0.1) is 0 Å². The van der Waals surface area contributed by atoms with Crippen LogP contribution in [0.4, 0.5) is 18.9 Å². The predicted molar refractivity (Wildman–Crippen MR) is 70.6 cm³/mol. The topological polar surface area (TPSA) is 71.0 Å². The monoisotopic (exact) mass is 312 g/mol. The van der Waals surface area contributed by atoms with Crippen LogP contribution in [0.1, 0.15) is 21.6 Å². The number of hydrogen-bond donors (Lipinski definition) is 1. The van der Waals surface area contributed by atoms with Crippen molar-refractivity contribution in [2.75, 3.05) is 4.90 Å². The van der Waals surface area contributed by atoms with E-state index in [1.54, 1.807) is 6.92 Å². The minimum absolute atomic E-state index is 0.136. The number of fused-ring (bicyclic) bond motifs is 1. The molecule has 1 aliphatic rings. The number of nitrogens with one attached hydrogen (secondary N) is 1. The molecule has 9 heteroatoms. The standard InChI is InChI=1S/C13H11F3N4O2/c1-7-11-8(2-10(21)18-7)4-20(12(11)22)9-3-17-19(5-9)6-13(14,15)16/h2-3,5H,4,6H2,1H3,(H,18,21). The van der Waals surface area contributed by atoms with Crippen LogP contribution >= 0.6 is 0 Å². The van der Waals surface area contributed by atoms with Crippen LogP contribution in [0, 0.1) is 6.92 Å². The first kappa shape index (κ1) is 14.4. The highest BCUT2D eigenvalue weighted by Gasteiger charge is 2.33. The van der Waals surface area contributed by atoms with E-state index in [0.29, 0.717) is 16.8 Å². The SMILES string of the molecule is Cc1[nH]c(=O)cc2c1C(=O)N(c1cnn(CC(F)(F)F)c1)C2. The van der Waals surface area contributed by atoms with Crippen LogP contribution in [-0.4, -0.2) is 26.8 Å². The molecular formula is C13H11F3N4O2. The highest BCUT2D eigenvalue weighted by atomic mass is 19.4. The quantitative estimate of drug-likeness (QED) is 0.915. The Morgan fingerprint density at radius 2 is 2.09 bits per heavy atom. The molecule has 1 aliphatic heterocycles. The van der Waals surface area contributed by atoms with E-state index in [2.05, 4.69) is 10.1 Å². The van der Waals surface area contributed by atoms with Crippen molar-refractivity contribution < 1.29 is 18.0 Å². The first-order valence-corrected chi connectivity index (χ1v) is 6.38. The van der Waals surface area contributed by atoms with Gasteiger partial charge in [0.25, 0.3) is 5.91 Å². The van der Waals surface area contributed by atoms with Crippen molar-refractivity contribution in [2.24, 2.45) is 0 Å². The van der Waals surface area contributed by atoms with Gasteiger partial charge in [0.15, 0.2) is 0 Å². The van der Waals surface area contributed by atoms with Gasteiger partial charge in [-0.3, -0.25) is 14.3 Å². The van der Waals surface area contributed by atoms with E-state index >= 15 is 0 Å². The average molecular weight is 312 g/mol. The Labute approximate surface area is 122 Å². The summed E-state index contributed by atoms with van der Waals surface area (Å²) in [5.74, 6) is -0.365. The summed E-state index contributed by atoms with van der Waals surface area (Å²) in [4.78, 5) is 27.6. The second-order valence-corrected chi connectivity index (χ2v) is 5.06. The van der Waals surface area contributed by atoms with Crippen LogP contribution in [0.3, 0.4) is 0 Å². The van der Waals surface area contributed by atoms with Gasteiger partial charge in [0.05, 0.1) is 24.0 Å². The Balaban J connectivity index is 1.91. The number of anilines is 1. The van der Waals surface area contributed by atoms with Crippen molar-refractivity contribution in [2.45, 2.75) is 26.2 Å². The summed E-state index contributed by atoms with van der Waals surface area (Å²) in [6, 6.07) is 1.32. The molecule has 0 atom stereocenters. The maximum atomic E-state index is 12.4. The second-order valence-electron chi connectivity index (χ2n) is 5.06. The predicted octanol–water partition coefficient (Wildman–Crippen LogP) is 1.60. The lowest BCUT2D eigenvalue weighted by Gasteiger charge is -2.12. The summed E-state index contributed by atoms with van der Waals surface area (Å²) in [5, 5.41) is 3.62.